The monoisotopic (exact) mass is 360 g/mol. The van der Waals surface area contributed by atoms with E-state index < -0.39 is 0 Å². The van der Waals surface area contributed by atoms with Gasteiger partial charge in [0.2, 0.25) is 0 Å². The van der Waals surface area contributed by atoms with Gasteiger partial charge in [-0.15, -0.1) is 0 Å². The lowest BCUT2D eigenvalue weighted by Crippen LogP contribution is -2.41. The van der Waals surface area contributed by atoms with Crippen molar-refractivity contribution in [2.75, 3.05) is 0 Å². The van der Waals surface area contributed by atoms with E-state index in [2.05, 4.69) is 41.5 Å². The van der Waals surface area contributed by atoms with Crippen molar-refractivity contribution in [2.24, 2.45) is 46.3 Å². The molecule has 0 unspecified atom stereocenters. The highest BCUT2D eigenvalue weighted by Gasteiger charge is 2.44. The third-order valence-electron chi connectivity index (χ3n) is 9.97. The standard InChI is InChI=1S/C26H48/c1-19-7-11-21(12-8-19)25(3,4)23-15-17-24(18-16-23)26(5,6)22-13-9-20(2)10-14-22/h19-24H,7-18H2,1-6H3. The molecule has 3 fully saturated rings. The van der Waals surface area contributed by atoms with Gasteiger partial charge in [0, 0.05) is 0 Å². The first-order chi connectivity index (χ1) is 12.2. The van der Waals surface area contributed by atoms with Gasteiger partial charge < -0.3 is 0 Å². The average molecular weight is 361 g/mol. The van der Waals surface area contributed by atoms with Gasteiger partial charge in [0.05, 0.1) is 0 Å². The van der Waals surface area contributed by atoms with Crippen molar-refractivity contribution in [1.82, 2.24) is 0 Å². The second-order valence-electron chi connectivity index (χ2n) is 12.1. The summed E-state index contributed by atoms with van der Waals surface area (Å²) < 4.78 is 0. The summed E-state index contributed by atoms with van der Waals surface area (Å²) in [5, 5.41) is 0. The highest BCUT2D eigenvalue weighted by Crippen LogP contribution is 2.54. The van der Waals surface area contributed by atoms with Gasteiger partial charge in [-0.2, -0.15) is 0 Å². The highest BCUT2D eigenvalue weighted by atomic mass is 14.5. The molecule has 3 aliphatic carbocycles. The van der Waals surface area contributed by atoms with E-state index in [0.29, 0.717) is 10.8 Å². The van der Waals surface area contributed by atoms with Crippen molar-refractivity contribution in [2.45, 2.75) is 119 Å². The van der Waals surface area contributed by atoms with Crippen molar-refractivity contribution < 1.29 is 0 Å². The molecule has 3 rings (SSSR count). The average Bonchev–Trinajstić information content (AvgIpc) is 2.62. The maximum atomic E-state index is 2.63. The molecule has 152 valence electrons. The summed E-state index contributed by atoms with van der Waals surface area (Å²) in [4.78, 5) is 0. The molecule has 0 amide bonds. The Morgan fingerprint density at radius 3 is 0.808 bits per heavy atom. The molecule has 0 N–H and O–H groups in total. The van der Waals surface area contributed by atoms with Gasteiger partial charge in [-0.3, -0.25) is 0 Å². The second kappa shape index (κ2) is 8.16. The van der Waals surface area contributed by atoms with E-state index in [1.807, 2.05) is 0 Å². The predicted octanol–water partition coefficient (Wildman–Crippen LogP) is 8.50. The van der Waals surface area contributed by atoms with Crippen LogP contribution in [0.5, 0.6) is 0 Å². The topological polar surface area (TPSA) is 0 Å². The summed E-state index contributed by atoms with van der Waals surface area (Å²) >= 11 is 0. The van der Waals surface area contributed by atoms with Gasteiger partial charge in [-0.05, 0) is 97.7 Å². The summed E-state index contributed by atoms with van der Waals surface area (Å²) in [6, 6.07) is 0. The molecule has 0 radical (unpaired) electrons. The molecule has 0 aromatic rings. The van der Waals surface area contributed by atoms with Gasteiger partial charge >= 0.3 is 0 Å². The molecular weight excluding hydrogens is 312 g/mol. The van der Waals surface area contributed by atoms with Crippen molar-refractivity contribution in [1.29, 1.82) is 0 Å². The Hall–Kier alpha value is 0. The zero-order valence-corrected chi connectivity index (χ0v) is 18.9. The smallest absolute Gasteiger partial charge is 0.0298 e. The van der Waals surface area contributed by atoms with Gasteiger partial charge in [-0.25, -0.2) is 0 Å². The van der Waals surface area contributed by atoms with E-state index in [4.69, 9.17) is 0 Å². The molecule has 3 saturated carbocycles. The van der Waals surface area contributed by atoms with E-state index in [-0.39, 0.29) is 0 Å². The van der Waals surface area contributed by atoms with Crippen molar-refractivity contribution in [3.05, 3.63) is 0 Å². The van der Waals surface area contributed by atoms with E-state index in [1.165, 1.54) is 77.0 Å². The van der Waals surface area contributed by atoms with Gasteiger partial charge in [0.1, 0.15) is 0 Å². The fourth-order valence-corrected chi connectivity index (χ4v) is 7.26. The van der Waals surface area contributed by atoms with E-state index in [1.54, 1.807) is 0 Å². The Bertz CT molecular complexity index is 379. The molecule has 0 heteroatoms. The number of rotatable bonds is 4. The van der Waals surface area contributed by atoms with Crippen LogP contribution < -0.4 is 0 Å². The van der Waals surface area contributed by atoms with Crippen LogP contribution in [0.4, 0.5) is 0 Å². The zero-order chi connectivity index (χ0) is 18.9. The first-order valence-corrected chi connectivity index (χ1v) is 12.2. The van der Waals surface area contributed by atoms with E-state index in [9.17, 15) is 0 Å². The summed E-state index contributed by atoms with van der Waals surface area (Å²) in [6.45, 7) is 15.4. The van der Waals surface area contributed by atoms with E-state index >= 15 is 0 Å². The van der Waals surface area contributed by atoms with Crippen molar-refractivity contribution >= 4 is 0 Å². The highest BCUT2D eigenvalue weighted by molar-refractivity contribution is 4.94. The zero-order valence-electron chi connectivity index (χ0n) is 18.9. The summed E-state index contributed by atoms with van der Waals surface area (Å²) in [5.74, 6) is 5.92. The Morgan fingerprint density at radius 2 is 0.577 bits per heavy atom. The van der Waals surface area contributed by atoms with Crippen LogP contribution in [-0.4, -0.2) is 0 Å². The maximum absolute atomic E-state index is 2.63. The second-order valence-corrected chi connectivity index (χ2v) is 12.1. The molecule has 0 aliphatic heterocycles. The fraction of sp³-hybridized carbons (Fsp3) is 1.00. The van der Waals surface area contributed by atoms with Crippen LogP contribution in [0.3, 0.4) is 0 Å². The predicted molar refractivity (Wildman–Crippen MR) is 115 cm³/mol. The fourth-order valence-electron chi connectivity index (χ4n) is 7.26. The Kier molecular flexibility index (Phi) is 6.51. The molecule has 0 heterocycles. The first-order valence-electron chi connectivity index (χ1n) is 12.2. The molecule has 26 heavy (non-hydrogen) atoms. The third kappa shape index (κ3) is 4.35. The first kappa shape index (κ1) is 20.7. The van der Waals surface area contributed by atoms with Gasteiger partial charge in [0.15, 0.2) is 0 Å². The van der Waals surface area contributed by atoms with Crippen molar-refractivity contribution in [3.63, 3.8) is 0 Å². The van der Waals surface area contributed by atoms with Crippen molar-refractivity contribution in [3.8, 4) is 0 Å². The van der Waals surface area contributed by atoms with Crippen LogP contribution in [0, 0.1) is 46.3 Å². The Labute approximate surface area is 165 Å². The minimum atomic E-state index is 0.579. The third-order valence-corrected chi connectivity index (χ3v) is 9.97. The van der Waals surface area contributed by atoms with Gasteiger partial charge in [-0.1, -0.05) is 67.2 Å². The molecule has 0 spiro atoms. The lowest BCUT2D eigenvalue weighted by atomic mass is 9.55. The van der Waals surface area contributed by atoms with Crippen LogP contribution >= 0.6 is 0 Å². The number of hydrogen-bond donors (Lipinski definition) is 0. The van der Waals surface area contributed by atoms with Crippen LogP contribution in [-0.2, 0) is 0 Å². The van der Waals surface area contributed by atoms with Crippen LogP contribution in [0.15, 0.2) is 0 Å². The molecule has 0 bridgehead atoms. The van der Waals surface area contributed by atoms with Gasteiger partial charge in [0.25, 0.3) is 0 Å². The molecule has 0 atom stereocenters. The normalized spacial score (nSPS) is 40.4. The molecular formula is C26H48. The Morgan fingerprint density at radius 1 is 0.385 bits per heavy atom. The quantitative estimate of drug-likeness (QED) is 0.471. The lowest BCUT2D eigenvalue weighted by Gasteiger charge is -2.50. The molecule has 0 nitrogen and oxygen atoms in total. The molecule has 0 aromatic carbocycles. The Balaban J connectivity index is 1.54. The van der Waals surface area contributed by atoms with Crippen LogP contribution in [0.25, 0.3) is 0 Å². The van der Waals surface area contributed by atoms with Crippen LogP contribution in [0.1, 0.15) is 119 Å². The van der Waals surface area contributed by atoms with Crippen LogP contribution in [0.2, 0.25) is 0 Å². The number of hydrogen-bond acceptors (Lipinski definition) is 0. The van der Waals surface area contributed by atoms with E-state index in [0.717, 1.165) is 35.5 Å². The largest absolute Gasteiger partial charge is 0.0625 e. The summed E-state index contributed by atoms with van der Waals surface area (Å²) in [5.41, 5.74) is 1.16. The SMILES string of the molecule is CC1CCC(C(C)(C)C2CCC(C(C)(C)C3CCC(C)CC3)CC2)CC1. The summed E-state index contributed by atoms with van der Waals surface area (Å²) in [6.07, 6.45) is 18.0. The molecule has 0 saturated heterocycles. The summed E-state index contributed by atoms with van der Waals surface area (Å²) in [7, 11) is 0. The maximum Gasteiger partial charge on any atom is -0.0298 e. The molecule has 0 aromatic heterocycles. The lowest BCUT2D eigenvalue weighted by molar-refractivity contribution is -0.00223. The molecule has 3 aliphatic rings. The minimum absolute atomic E-state index is 0.579. The minimum Gasteiger partial charge on any atom is -0.0625 e.